The maximum absolute atomic E-state index is 12.1. The van der Waals surface area contributed by atoms with Crippen LogP contribution >= 0.6 is 27.7 Å². The number of aryl methyl sites for hydroxylation is 1. The van der Waals surface area contributed by atoms with E-state index in [2.05, 4.69) is 36.4 Å². The lowest BCUT2D eigenvalue weighted by atomic mass is 10.2. The third kappa shape index (κ3) is 4.18. The Morgan fingerprint density at radius 3 is 2.92 bits per heavy atom. The Bertz CT molecular complexity index is 899. The maximum Gasteiger partial charge on any atom is 0.234 e. The summed E-state index contributed by atoms with van der Waals surface area (Å²) in [7, 11) is 0. The number of nitrogens with zero attached hydrogens (tertiary/aromatic N) is 4. The van der Waals surface area contributed by atoms with Crippen molar-refractivity contribution in [1.29, 1.82) is 0 Å². The molecule has 0 unspecified atom stereocenters. The number of nitrogen functional groups attached to an aromatic ring is 1. The first kappa shape index (κ1) is 17.4. The van der Waals surface area contributed by atoms with Gasteiger partial charge in [0.05, 0.1) is 5.75 Å². The molecule has 0 spiro atoms. The number of hydrogen-bond acceptors (Lipinski definition) is 6. The highest BCUT2D eigenvalue weighted by molar-refractivity contribution is 9.10. The number of pyridine rings is 1. The molecule has 1 aromatic carbocycles. The zero-order valence-electron chi connectivity index (χ0n) is 13.3. The number of halogens is 1. The van der Waals surface area contributed by atoms with Gasteiger partial charge in [-0.25, -0.2) is 4.68 Å². The number of carbonyl (C=O) groups excluding carboxylic acids is 1. The Labute approximate surface area is 157 Å². The van der Waals surface area contributed by atoms with E-state index in [1.807, 2.05) is 31.2 Å². The number of rotatable bonds is 5. The molecular weight excluding hydrogens is 404 g/mol. The van der Waals surface area contributed by atoms with Gasteiger partial charge in [0, 0.05) is 28.1 Å². The largest absolute Gasteiger partial charge is 0.335 e. The van der Waals surface area contributed by atoms with Crippen molar-refractivity contribution >= 4 is 39.3 Å². The summed E-state index contributed by atoms with van der Waals surface area (Å²) in [5, 5.41) is 11.4. The fourth-order valence-electron chi connectivity index (χ4n) is 2.12. The molecule has 0 aliphatic carbocycles. The van der Waals surface area contributed by atoms with Crippen LogP contribution in [-0.4, -0.2) is 31.5 Å². The topological polar surface area (TPSA) is 98.7 Å². The lowest BCUT2D eigenvalue weighted by molar-refractivity contribution is -0.113. The second kappa shape index (κ2) is 7.66. The number of hydrogen-bond donors (Lipinski definition) is 2. The SMILES string of the molecule is Cc1cc(NC(=O)CSc2nnc(-c3cccnc3)n2N)ccc1Br. The molecule has 0 saturated heterocycles. The summed E-state index contributed by atoms with van der Waals surface area (Å²) in [4.78, 5) is 16.2. The van der Waals surface area contributed by atoms with Crippen molar-refractivity contribution in [3.63, 3.8) is 0 Å². The molecule has 0 aliphatic rings. The number of amides is 1. The van der Waals surface area contributed by atoms with Crippen molar-refractivity contribution in [2.24, 2.45) is 0 Å². The third-order valence-corrected chi connectivity index (χ3v) is 5.19. The van der Waals surface area contributed by atoms with Gasteiger partial charge in [0.15, 0.2) is 5.82 Å². The number of benzene rings is 1. The van der Waals surface area contributed by atoms with Gasteiger partial charge < -0.3 is 11.2 Å². The molecule has 128 valence electrons. The summed E-state index contributed by atoms with van der Waals surface area (Å²) < 4.78 is 2.36. The van der Waals surface area contributed by atoms with Crippen LogP contribution in [0.2, 0.25) is 0 Å². The van der Waals surface area contributed by atoms with Gasteiger partial charge in [-0.2, -0.15) is 0 Å². The van der Waals surface area contributed by atoms with E-state index in [1.54, 1.807) is 18.5 Å². The molecule has 0 fully saturated rings. The van der Waals surface area contributed by atoms with Crippen molar-refractivity contribution in [2.75, 3.05) is 16.9 Å². The van der Waals surface area contributed by atoms with Crippen LogP contribution in [0.5, 0.6) is 0 Å². The minimum absolute atomic E-state index is 0.141. The predicted octanol–water partition coefficient (Wildman–Crippen LogP) is 2.86. The van der Waals surface area contributed by atoms with E-state index in [1.165, 1.54) is 16.4 Å². The van der Waals surface area contributed by atoms with Gasteiger partial charge in [-0.15, -0.1) is 10.2 Å². The molecule has 1 amide bonds. The van der Waals surface area contributed by atoms with Gasteiger partial charge in [0.2, 0.25) is 11.1 Å². The maximum atomic E-state index is 12.1. The number of aromatic nitrogens is 4. The zero-order valence-corrected chi connectivity index (χ0v) is 15.7. The smallest absolute Gasteiger partial charge is 0.234 e. The Kier molecular flexibility index (Phi) is 5.34. The summed E-state index contributed by atoms with van der Waals surface area (Å²) in [5.74, 6) is 6.55. The quantitative estimate of drug-likeness (QED) is 0.488. The summed E-state index contributed by atoms with van der Waals surface area (Å²) in [5.41, 5.74) is 2.56. The Hall–Kier alpha value is -2.39. The van der Waals surface area contributed by atoms with Gasteiger partial charge in [0.25, 0.3) is 0 Å². The fraction of sp³-hybridized carbons (Fsp3) is 0.125. The molecule has 7 nitrogen and oxygen atoms in total. The van der Waals surface area contributed by atoms with Crippen LogP contribution in [0.3, 0.4) is 0 Å². The molecule has 2 aromatic heterocycles. The predicted molar refractivity (Wildman–Crippen MR) is 102 cm³/mol. The molecule has 3 rings (SSSR count). The second-order valence-corrected chi connectivity index (χ2v) is 7.02. The van der Waals surface area contributed by atoms with E-state index >= 15 is 0 Å². The van der Waals surface area contributed by atoms with Crippen molar-refractivity contribution in [2.45, 2.75) is 12.1 Å². The number of anilines is 1. The van der Waals surface area contributed by atoms with Crippen molar-refractivity contribution in [1.82, 2.24) is 19.9 Å². The molecule has 0 radical (unpaired) electrons. The van der Waals surface area contributed by atoms with Gasteiger partial charge in [-0.3, -0.25) is 9.78 Å². The minimum Gasteiger partial charge on any atom is -0.335 e. The molecule has 2 heterocycles. The van der Waals surface area contributed by atoms with Crippen molar-refractivity contribution in [3.05, 3.63) is 52.8 Å². The van der Waals surface area contributed by atoms with Crippen LogP contribution in [0.4, 0.5) is 5.69 Å². The number of carbonyl (C=O) groups is 1. The highest BCUT2D eigenvalue weighted by Crippen LogP contribution is 2.22. The minimum atomic E-state index is -0.141. The first-order chi connectivity index (χ1) is 12.0. The third-order valence-electron chi connectivity index (χ3n) is 3.36. The van der Waals surface area contributed by atoms with E-state index in [9.17, 15) is 4.79 Å². The average Bonchev–Trinajstić information content (AvgIpc) is 2.98. The Morgan fingerprint density at radius 2 is 2.20 bits per heavy atom. The fourth-order valence-corrected chi connectivity index (χ4v) is 3.02. The monoisotopic (exact) mass is 418 g/mol. The first-order valence-corrected chi connectivity index (χ1v) is 9.12. The molecule has 0 saturated carbocycles. The number of nitrogens with two attached hydrogens (primary N) is 1. The Balaban J connectivity index is 1.63. The van der Waals surface area contributed by atoms with Crippen molar-refractivity contribution in [3.8, 4) is 11.4 Å². The average molecular weight is 419 g/mol. The van der Waals surface area contributed by atoms with E-state index in [0.29, 0.717) is 11.0 Å². The molecule has 25 heavy (non-hydrogen) atoms. The highest BCUT2D eigenvalue weighted by Gasteiger charge is 2.14. The van der Waals surface area contributed by atoms with Crippen LogP contribution < -0.4 is 11.2 Å². The van der Waals surface area contributed by atoms with Crippen LogP contribution in [0, 0.1) is 6.92 Å². The van der Waals surface area contributed by atoms with Gasteiger partial charge >= 0.3 is 0 Å². The van der Waals surface area contributed by atoms with Crippen LogP contribution in [0.15, 0.2) is 52.4 Å². The summed E-state index contributed by atoms with van der Waals surface area (Å²) >= 11 is 4.65. The normalized spacial score (nSPS) is 10.6. The Morgan fingerprint density at radius 1 is 1.36 bits per heavy atom. The molecule has 9 heteroatoms. The van der Waals surface area contributed by atoms with Crippen LogP contribution in [0.1, 0.15) is 5.56 Å². The molecule has 0 aliphatic heterocycles. The highest BCUT2D eigenvalue weighted by atomic mass is 79.9. The van der Waals surface area contributed by atoms with E-state index in [4.69, 9.17) is 5.84 Å². The molecule has 3 aromatic rings. The van der Waals surface area contributed by atoms with Gasteiger partial charge in [-0.05, 0) is 42.8 Å². The summed E-state index contributed by atoms with van der Waals surface area (Å²) in [6.07, 6.45) is 3.33. The number of thioether (sulfide) groups is 1. The molecular formula is C16H15BrN6OS. The van der Waals surface area contributed by atoms with Gasteiger partial charge in [0.1, 0.15) is 0 Å². The van der Waals surface area contributed by atoms with E-state index in [-0.39, 0.29) is 11.7 Å². The van der Waals surface area contributed by atoms with E-state index in [0.717, 1.165) is 21.3 Å². The first-order valence-electron chi connectivity index (χ1n) is 7.34. The van der Waals surface area contributed by atoms with Crippen LogP contribution in [0.25, 0.3) is 11.4 Å². The standard InChI is InChI=1S/C16H15BrN6OS/c1-10-7-12(4-5-13(10)17)20-14(24)9-25-16-22-21-15(23(16)18)11-3-2-6-19-8-11/h2-8H,9,18H2,1H3,(H,20,24). The number of nitrogens with one attached hydrogen (secondary N) is 1. The lowest BCUT2D eigenvalue weighted by Crippen LogP contribution is -2.16. The van der Waals surface area contributed by atoms with E-state index < -0.39 is 0 Å². The molecule has 0 bridgehead atoms. The lowest BCUT2D eigenvalue weighted by Gasteiger charge is -2.07. The van der Waals surface area contributed by atoms with Gasteiger partial charge in [-0.1, -0.05) is 27.7 Å². The van der Waals surface area contributed by atoms with Crippen molar-refractivity contribution < 1.29 is 4.79 Å². The zero-order chi connectivity index (χ0) is 17.8. The summed E-state index contributed by atoms with van der Waals surface area (Å²) in [6, 6.07) is 9.28. The molecule has 3 N–H and O–H groups in total. The molecule has 0 atom stereocenters. The second-order valence-electron chi connectivity index (χ2n) is 5.22. The van der Waals surface area contributed by atoms with Crippen LogP contribution in [-0.2, 0) is 4.79 Å². The summed E-state index contributed by atoms with van der Waals surface area (Å²) in [6.45, 7) is 1.96.